The molecule has 0 amide bonds. The molecule has 74 valence electrons. The Morgan fingerprint density at radius 2 is 1.83 bits per heavy atom. The highest BCUT2D eigenvalue weighted by atomic mass is 16.3. The molecular formula is C10H23NO. The van der Waals surface area contributed by atoms with Gasteiger partial charge in [0.15, 0.2) is 0 Å². The second-order valence-electron chi connectivity index (χ2n) is 4.56. The van der Waals surface area contributed by atoms with Crippen LogP contribution in [-0.2, 0) is 0 Å². The second kappa shape index (κ2) is 4.83. The van der Waals surface area contributed by atoms with E-state index in [1.807, 2.05) is 19.0 Å². The third-order valence-corrected chi connectivity index (χ3v) is 2.26. The van der Waals surface area contributed by atoms with Gasteiger partial charge in [-0.3, -0.25) is 4.90 Å². The number of nitrogens with zero attached hydrogens (tertiary/aromatic N) is 1. The predicted molar refractivity (Wildman–Crippen MR) is 53.0 cm³/mol. The van der Waals surface area contributed by atoms with E-state index in [2.05, 4.69) is 20.8 Å². The Morgan fingerprint density at radius 3 is 2.17 bits per heavy atom. The summed E-state index contributed by atoms with van der Waals surface area (Å²) in [6, 6.07) is 0. The predicted octanol–water partition coefficient (Wildman–Crippen LogP) is 2.08. The molecule has 0 rings (SSSR count). The van der Waals surface area contributed by atoms with Crippen LogP contribution in [0.5, 0.6) is 0 Å². The van der Waals surface area contributed by atoms with Gasteiger partial charge in [0.2, 0.25) is 0 Å². The molecule has 2 heteroatoms. The molecule has 0 aliphatic carbocycles. The van der Waals surface area contributed by atoms with Crippen molar-refractivity contribution in [3.8, 4) is 0 Å². The fourth-order valence-corrected chi connectivity index (χ4v) is 1.46. The molecule has 0 aromatic carbocycles. The van der Waals surface area contributed by atoms with Crippen molar-refractivity contribution in [2.45, 2.75) is 46.3 Å². The summed E-state index contributed by atoms with van der Waals surface area (Å²) in [5.41, 5.74) is 0.262. The van der Waals surface area contributed by atoms with Crippen LogP contribution in [-0.4, -0.2) is 30.3 Å². The van der Waals surface area contributed by atoms with Crippen LogP contribution in [0.2, 0.25) is 0 Å². The van der Waals surface area contributed by atoms with Gasteiger partial charge in [-0.25, -0.2) is 0 Å². The van der Waals surface area contributed by atoms with E-state index in [1.165, 1.54) is 12.8 Å². The quantitative estimate of drug-likeness (QED) is 0.643. The lowest BCUT2D eigenvalue weighted by Gasteiger charge is -2.29. The van der Waals surface area contributed by atoms with Gasteiger partial charge in [-0.15, -0.1) is 0 Å². The maximum absolute atomic E-state index is 9.61. The van der Waals surface area contributed by atoms with Gasteiger partial charge in [0.05, 0.1) is 0 Å². The molecule has 0 heterocycles. The highest BCUT2D eigenvalue weighted by Gasteiger charge is 2.21. The lowest BCUT2D eigenvalue weighted by molar-refractivity contribution is 0.00196. The Balaban J connectivity index is 3.87. The van der Waals surface area contributed by atoms with Crippen molar-refractivity contribution >= 4 is 0 Å². The number of rotatable bonds is 5. The van der Waals surface area contributed by atoms with E-state index >= 15 is 0 Å². The largest absolute Gasteiger partial charge is 0.378 e. The normalized spacial score (nSPS) is 15.2. The van der Waals surface area contributed by atoms with Gasteiger partial charge < -0.3 is 5.11 Å². The van der Waals surface area contributed by atoms with E-state index in [1.54, 1.807) is 0 Å². The van der Waals surface area contributed by atoms with Crippen molar-refractivity contribution in [2.75, 3.05) is 14.1 Å². The zero-order valence-electron chi connectivity index (χ0n) is 9.09. The molecule has 0 spiro atoms. The van der Waals surface area contributed by atoms with Gasteiger partial charge in [-0.1, -0.05) is 27.2 Å². The molecule has 12 heavy (non-hydrogen) atoms. The second-order valence-corrected chi connectivity index (χ2v) is 4.56. The minimum absolute atomic E-state index is 0.262. The van der Waals surface area contributed by atoms with E-state index in [0.29, 0.717) is 0 Å². The molecule has 1 atom stereocenters. The third-order valence-electron chi connectivity index (χ3n) is 2.26. The standard InChI is InChI=1S/C10H23NO/c1-6-7-10(2,3)8-9(12)11(4)5/h9,12H,6-8H2,1-5H3. The zero-order valence-corrected chi connectivity index (χ0v) is 9.09. The summed E-state index contributed by atoms with van der Waals surface area (Å²) in [6.07, 6.45) is 2.92. The molecule has 2 nitrogen and oxygen atoms in total. The van der Waals surface area contributed by atoms with Crippen LogP contribution in [0.25, 0.3) is 0 Å². The van der Waals surface area contributed by atoms with E-state index in [9.17, 15) is 5.11 Å². The maximum Gasteiger partial charge on any atom is 0.107 e. The van der Waals surface area contributed by atoms with E-state index in [0.717, 1.165) is 6.42 Å². The first kappa shape index (κ1) is 11.9. The highest BCUT2D eigenvalue weighted by molar-refractivity contribution is 4.71. The first-order valence-electron chi connectivity index (χ1n) is 4.73. The molecule has 0 aliphatic rings. The molecule has 0 bridgehead atoms. The molecule has 0 aromatic heterocycles. The van der Waals surface area contributed by atoms with Gasteiger partial charge in [0.1, 0.15) is 6.23 Å². The maximum atomic E-state index is 9.61. The Labute approximate surface area is 76.6 Å². The fourth-order valence-electron chi connectivity index (χ4n) is 1.46. The topological polar surface area (TPSA) is 23.5 Å². The summed E-state index contributed by atoms with van der Waals surface area (Å²) < 4.78 is 0. The molecule has 0 fully saturated rings. The monoisotopic (exact) mass is 173 g/mol. The van der Waals surface area contributed by atoms with Gasteiger partial charge in [0, 0.05) is 0 Å². The molecule has 0 aliphatic heterocycles. The van der Waals surface area contributed by atoms with Crippen molar-refractivity contribution in [1.82, 2.24) is 4.90 Å². The van der Waals surface area contributed by atoms with Crippen molar-refractivity contribution in [1.29, 1.82) is 0 Å². The smallest absolute Gasteiger partial charge is 0.107 e. The van der Waals surface area contributed by atoms with Crippen LogP contribution in [0.1, 0.15) is 40.0 Å². The van der Waals surface area contributed by atoms with Gasteiger partial charge in [-0.2, -0.15) is 0 Å². The summed E-state index contributed by atoms with van der Waals surface area (Å²) >= 11 is 0. The van der Waals surface area contributed by atoms with Crippen LogP contribution < -0.4 is 0 Å². The lowest BCUT2D eigenvalue weighted by Crippen LogP contribution is -2.32. The average molecular weight is 173 g/mol. The first-order chi connectivity index (χ1) is 5.39. The van der Waals surface area contributed by atoms with Crippen LogP contribution in [0.15, 0.2) is 0 Å². The molecule has 0 saturated heterocycles. The van der Waals surface area contributed by atoms with Crippen LogP contribution in [0.4, 0.5) is 0 Å². The fraction of sp³-hybridized carbons (Fsp3) is 1.00. The molecule has 1 unspecified atom stereocenters. The number of aliphatic hydroxyl groups is 1. The minimum atomic E-state index is -0.299. The lowest BCUT2D eigenvalue weighted by atomic mass is 9.84. The average Bonchev–Trinajstić information content (AvgIpc) is 1.85. The molecular weight excluding hydrogens is 150 g/mol. The molecule has 0 saturated carbocycles. The minimum Gasteiger partial charge on any atom is -0.378 e. The molecule has 0 radical (unpaired) electrons. The van der Waals surface area contributed by atoms with Crippen molar-refractivity contribution in [2.24, 2.45) is 5.41 Å². The van der Waals surface area contributed by atoms with Crippen LogP contribution in [0, 0.1) is 5.41 Å². The van der Waals surface area contributed by atoms with Gasteiger partial charge in [0.25, 0.3) is 0 Å². The number of aliphatic hydroxyl groups excluding tert-OH is 1. The summed E-state index contributed by atoms with van der Waals surface area (Å²) in [4.78, 5) is 1.86. The van der Waals surface area contributed by atoms with Crippen molar-refractivity contribution in [3.63, 3.8) is 0 Å². The Kier molecular flexibility index (Phi) is 4.80. The Hall–Kier alpha value is -0.0800. The van der Waals surface area contributed by atoms with Crippen LogP contribution >= 0.6 is 0 Å². The summed E-state index contributed by atoms with van der Waals surface area (Å²) in [5.74, 6) is 0. The van der Waals surface area contributed by atoms with E-state index < -0.39 is 0 Å². The van der Waals surface area contributed by atoms with Crippen molar-refractivity contribution < 1.29 is 5.11 Å². The van der Waals surface area contributed by atoms with E-state index in [-0.39, 0.29) is 11.6 Å². The zero-order chi connectivity index (χ0) is 9.78. The molecule has 0 aromatic rings. The van der Waals surface area contributed by atoms with E-state index in [4.69, 9.17) is 0 Å². The number of hydrogen-bond donors (Lipinski definition) is 1. The number of hydrogen-bond acceptors (Lipinski definition) is 2. The van der Waals surface area contributed by atoms with Crippen LogP contribution in [0.3, 0.4) is 0 Å². The molecule has 1 N–H and O–H groups in total. The Bertz CT molecular complexity index is 121. The third kappa shape index (κ3) is 4.73. The van der Waals surface area contributed by atoms with Gasteiger partial charge in [-0.05, 0) is 32.4 Å². The summed E-state index contributed by atoms with van der Waals surface area (Å²) in [7, 11) is 3.82. The van der Waals surface area contributed by atoms with Crippen molar-refractivity contribution in [3.05, 3.63) is 0 Å². The Morgan fingerprint density at radius 1 is 1.33 bits per heavy atom. The summed E-state index contributed by atoms with van der Waals surface area (Å²) in [5, 5.41) is 9.61. The van der Waals surface area contributed by atoms with Gasteiger partial charge >= 0.3 is 0 Å². The highest BCUT2D eigenvalue weighted by Crippen LogP contribution is 2.28. The SMILES string of the molecule is CCCC(C)(C)CC(O)N(C)C. The summed E-state index contributed by atoms with van der Waals surface area (Å²) in [6.45, 7) is 6.61. The first-order valence-corrected chi connectivity index (χ1v) is 4.73.